The highest BCUT2D eigenvalue weighted by atomic mass is 32.2. The molecule has 2 aromatic rings. The van der Waals surface area contributed by atoms with Crippen LogP contribution in [0.5, 0.6) is 0 Å². The lowest BCUT2D eigenvalue weighted by Gasteiger charge is -2.21. The summed E-state index contributed by atoms with van der Waals surface area (Å²) >= 11 is 1.61. The van der Waals surface area contributed by atoms with Gasteiger partial charge >= 0.3 is 5.69 Å². The van der Waals surface area contributed by atoms with Gasteiger partial charge in [0.15, 0.2) is 5.16 Å². The summed E-state index contributed by atoms with van der Waals surface area (Å²) in [5.74, 6) is 0.857. The minimum absolute atomic E-state index is 0.136. The average molecular weight is 319 g/mol. The van der Waals surface area contributed by atoms with E-state index in [-0.39, 0.29) is 11.8 Å². The zero-order valence-corrected chi connectivity index (χ0v) is 13.3. The zero-order chi connectivity index (χ0) is 15.2. The first-order chi connectivity index (χ1) is 10.8. The van der Waals surface area contributed by atoms with Crippen molar-refractivity contribution in [2.45, 2.75) is 43.5 Å². The molecule has 0 unspecified atom stereocenters. The van der Waals surface area contributed by atoms with Gasteiger partial charge in [-0.1, -0.05) is 42.1 Å². The molecular formula is C16H21N3O2S. The molecule has 2 heterocycles. The van der Waals surface area contributed by atoms with Crippen molar-refractivity contribution in [3.8, 4) is 0 Å². The molecule has 1 atom stereocenters. The number of benzene rings is 1. The molecule has 0 aliphatic carbocycles. The summed E-state index contributed by atoms with van der Waals surface area (Å²) in [5.41, 5.74) is 1.09. The molecular weight excluding hydrogens is 298 g/mol. The van der Waals surface area contributed by atoms with Gasteiger partial charge in [-0.05, 0) is 31.2 Å². The summed E-state index contributed by atoms with van der Waals surface area (Å²) in [7, 11) is 0. The summed E-state index contributed by atoms with van der Waals surface area (Å²) < 4.78 is 7.45. The van der Waals surface area contributed by atoms with Crippen molar-refractivity contribution in [2.75, 3.05) is 12.4 Å². The van der Waals surface area contributed by atoms with Gasteiger partial charge in [-0.15, -0.1) is 5.10 Å². The fourth-order valence-corrected chi connectivity index (χ4v) is 3.64. The van der Waals surface area contributed by atoms with Crippen molar-refractivity contribution in [3.05, 3.63) is 46.4 Å². The van der Waals surface area contributed by atoms with E-state index in [1.54, 1.807) is 16.3 Å². The van der Waals surface area contributed by atoms with Gasteiger partial charge in [0.05, 0.1) is 6.10 Å². The second-order valence-corrected chi connectivity index (χ2v) is 6.49. The number of aryl methyl sites for hydroxylation is 1. The van der Waals surface area contributed by atoms with Gasteiger partial charge in [-0.3, -0.25) is 4.57 Å². The number of rotatable bonds is 6. The molecule has 5 nitrogen and oxygen atoms in total. The smallest absolute Gasteiger partial charge is 0.343 e. The van der Waals surface area contributed by atoms with Crippen molar-refractivity contribution in [1.29, 1.82) is 0 Å². The van der Waals surface area contributed by atoms with Gasteiger partial charge in [-0.25, -0.2) is 9.89 Å². The fourth-order valence-electron chi connectivity index (χ4n) is 2.60. The Bertz CT molecular complexity index is 632. The molecule has 3 rings (SSSR count). The van der Waals surface area contributed by atoms with Crippen LogP contribution in [0.25, 0.3) is 0 Å². The number of thioether (sulfide) groups is 1. The number of aromatic nitrogens is 3. The molecule has 0 radical (unpaired) electrons. The SMILES string of the molecule is O=c1[nH]nc(SC[C@@H]2CCCCO2)n1CCc1ccccc1. The van der Waals surface area contributed by atoms with E-state index in [0.717, 1.165) is 36.8 Å². The first-order valence-corrected chi connectivity index (χ1v) is 8.75. The van der Waals surface area contributed by atoms with Crippen LogP contribution in [0.2, 0.25) is 0 Å². The molecule has 22 heavy (non-hydrogen) atoms. The van der Waals surface area contributed by atoms with Crippen LogP contribution in [0.1, 0.15) is 24.8 Å². The van der Waals surface area contributed by atoms with Crippen LogP contribution < -0.4 is 5.69 Å². The maximum atomic E-state index is 11.9. The summed E-state index contributed by atoms with van der Waals surface area (Å²) in [6.45, 7) is 1.50. The third kappa shape index (κ3) is 4.01. The van der Waals surface area contributed by atoms with Gasteiger partial charge in [-0.2, -0.15) is 0 Å². The molecule has 1 fully saturated rings. The minimum atomic E-state index is -0.136. The van der Waals surface area contributed by atoms with Crippen molar-refractivity contribution < 1.29 is 4.74 Å². The number of hydrogen-bond donors (Lipinski definition) is 1. The predicted octanol–water partition coefficient (Wildman–Crippen LogP) is 2.48. The van der Waals surface area contributed by atoms with Crippen molar-refractivity contribution >= 4 is 11.8 Å². The number of aromatic amines is 1. The minimum Gasteiger partial charge on any atom is -0.377 e. The number of H-pyrrole nitrogens is 1. The van der Waals surface area contributed by atoms with Crippen molar-refractivity contribution in [1.82, 2.24) is 14.8 Å². The van der Waals surface area contributed by atoms with E-state index in [4.69, 9.17) is 4.74 Å². The van der Waals surface area contributed by atoms with Gasteiger partial charge in [0, 0.05) is 18.9 Å². The van der Waals surface area contributed by atoms with Gasteiger partial charge in [0.1, 0.15) is 0 Å². The highest BCUT2D eigenvalue weighted by Gasteiger charge is 2.16. The standard InChI is InChI=1S/C16H21N3O2S/c20-15-17-18-16(22-12-14-8-4-5-11-21-14)19(15)10-9-13-6-2-1-3-7-13/h1-3,6-7,14H,4-5,8-12H2,(H,17,20)/t14-/m0/s1. The average Bonchev–Trinajstić information content (AvgIpc) is 2.93. The van der Waals surface area contributed by atoms with E-state index in [0.29, 0.717) is 6.54 Å². The summed E-state index contributed by atoms with van der Waals surface area (Å²) in [5, 5.41) is 7.46. The molecule has 1 aliphatic rings. The normalized spacial score (nSPS) is 18.5. The number of ether oxygens (including phenoxy) is 1. The third-order valence-electron chi connectivity index (χ3n) is 3.86. The van der Waals surface area contributed by atoms with E-state index in [9.17, 15) is 4.79 Å². The van der Waals surface area contributed by atoms with E-state index in [1.165, 1.54) is 12.0 Å². The number of hydrogen-bond acceptors (Lipinski definition) is 4. The largest absolute Gasteiger partial charge is 0.377 e. The lowest BCUT2D eigenvalue weighted by atomic mass is 10.1. The van der Waals surface area contributed by atoms with Crippen LogP contribution in [0.4, 0.5) is 0 Å². The molecule has 0 spiro atoms. The molecule has 1 saturated heterocycles. The molecule has 0 bridgehead atoms. The van der Waals surface area contributed by atoms with Crippen LogP contribution in [-0.2, 0) is 17.7 Å². The Kier molecular flexibility index (Phi) is 5.34. The Morgan fingerprint density at radius 1 is 1.32 bits per heavy atom. The highest BCUT2D eigenvalue weighted by Crippen LogP contribution is 2.21. The third-order valence-corrected chi connectivity index (χ3v) is 4.97. The highest BCUT2D eigenvalue weighted by molar-refractivity contribution is 7.99. The monoisotopic (exact) mass is 319 g/mol. The van der Waals surface area contributed by atoms with Gasteiger partial charge < -0.3 is 4.74 Å². The van der Waals surface area contributed by atoms with E-state index < -0.39 is 0 Å². The molecule has 1 aromatic heterocycles. The summed E-state index contributed by atoms with van der Waals surface area (Å²) in [6.07, 6.45) is 4.60. The van der Waals surface area contributed by atoms with E-state index in [1.807, 2.05) is 18.2 Å². The van der Waals surface area contributed by atoms with Crippen molar-refractivity contribution in [2.24, 2.45) is 0 Å². The first kappa shape index (κ1) is 15.4. The van der Waals surface area contributed by atoms with Gasteiger partial charge in [0.25, 0.3) is 0 Å². The van der Waals surface area contributed by atoms with Gasteiger partial charge in [0.2, 0.25) is 0 Å². The molecule has 0 amide bonds. The van der Waals surface area contributed by atoms with Crippen molar-refractivity contribution in [3.63, 3.8) is 0 Å². The van der Waals surface area contributed by atoms with Crippen LogP contribution >= 0.6 is 11.8 Å². The summed E-state index contributed by atoms with van der Waals surface area (Å²) in [6, 6.07) is 10.2. The Balaban J connectivity index is 1.59. The Labute approximate surface area is 134 Å². The molecule has 0 saturated carbocycles. The predicted molar refractivity (Wildman–Crippen MR) is 87.3 cm³/mol. The van der Waals surface area contributed by atoms with Crippen LogP contribution in [-0.4, -0.2) is 33.2 Å². The fraction of sp³-hybridized carbons (Fsp3) is 0.500. The topological polar surface area (TPSA) is 59.9 Å². The Morgan fingerprint density at radius 2 is 2.18 bits per heavy atom. The lowest BCUT2D eigenvalue weighted by Crippen LogP contribution is -2.22. The van der Waals surface area contributed by atoms with Crippen LogP contribution in [0, 0.1) is 0 Å². The zero-order valence-electron chi connectivity index (χ0n) is 12.5. The second kappa shape index (κ2) is 7.65. The molecule has 1 N–H and O–H groups in total. The lowest BCUT2D eigenvalue weighted by molar-refractivity contribution is 0.0315. The number of nitrogens with one attached hydrogen (secondary N) is 1. The molecule has 6 heteroatoms. The van der Waals surface area contributed by atoms with E-state index >= 15 is 0 Å². The Morgan fingerprint density at radius 3 is 2.95 bits per heavy atom. The molecule has 118 valence electrons. The maximum absolute atomic E-state index is 11.9. The van der Waals surface area contributed by atoms with E-state index in [2.05, 4.69) is 22.3 Å². The second-order valence-electron chi connectivity index (χ2n) is 5.50. The number of nitrogens with zero attached hydrogens (tertiary/aromatic N) is 2. The molecule has 1 aromatic carbocycles. The maximum Gasteiger partial charge on any atom is 0.343 e. The molecule has 1 aliphatic heterocycles. The first-order valence-electron chi connectivity index (χ1n) is 7.76. The van der Waals surface area contributed by atoms with Crippen LogP contribution in [0.15, 0.2) is 40.3 Å². The van der Waals surface area contributed by atoms with Crippen LogP contribution in [0.3, 0.4) is 0 Å². The quantitative estimate of drug-likeness (QED) is 0.831. The Hall–Kier alpha value is -1.53. The summed E-state index contributed by atoms with van der Waals surface area (Å²) in [4.78, 5) is 11.9.